The molecule has 12 rings (SSSR count). The van der Waals surface area contributed by atoms with Crippen molar-refractivity contribution in [2.45, 2.75) is 92.7 Å². The molecule has 0 amide bonds. The molecular formula is C69H68O7. The topological polar surface area (TPSA) is 82.2 Å². The maximum atomic E-state index is 11.4. The fourth-order valence-corrected chi connectivity index (χ4v) is 12.3. The van der Waals surface area contributed by atoms with Crippen molar-refractivity contribution in [3.63, 3.8) is 0 Å². The molecule has 4 aliphatic rings. The summed E-state index contributed by atoms with van der Waals surface area (Å²) < 4.78 is 36.1. The van der Waals surface area contributed by atoms with Crippen molar-refractivity contribution in [2.24, 2.45) is 0 Å². The average Bonchev–Trinajstić information content (AvgIpc) is 4.57. The Balaban J connectivity index is 0.752. The zero-order valence-corrected chi connectivity index (χ0v) is 44.1. The van der Waals surface area contributed by atoms with E-state index >= 15 is 0 Å². The Kier molecular flexibility index (Phi) is 13.6. The van der Waals surface area contributed by atoms with Gasteiger partial charge >= 0.3 is 0 Å². The van der Waals surface area contributed by atoms with Gasteiger partial charge in [0.15, 0.2) is 0 Å². The molecule has 386 valence electrons. The molecule has 0 aromatic heterocycles. The van der Waals surface area contributed by atoms with E-state index in [2.05, 4.69) is 222 Å². The molecular weight excluding hydrogens is 941 g/mol. The molecule has 2 aliphatic heterocycles. The number of epoxide rings is 2. The number of hydrogen-bond acceptors (Lipinski definition) is 7. The van der Waals surface area contributed by atoms with Crippen molar-refractivity contribution in [1.82, 2.24) is 0 Å². The first-order chi connectivity index (χ1) is 37.0. The molecule has 7 nitrogen and oxygen atoms in total. The van der Waals surface area contributed by atoms with Crippen LogP contribution < -0.4 is 9.47 Å². The number of aliphatic hydroxyl groups excluding tert-OH is 1. The number of aliphatic hydroxyl groups is 1. The Bertz CT molecular complexity index is 3240. The second kappa shape index (κ2) is 20.6. The lowest BCUT2D eigenvalue weighted by Gasteiger charge is -2.34. The first-order valence-electron chi connectivity index (χ1n) is 27.2. The molecule has 0 spiro atoms. The van der Waals surface area contributed by atoms with Crippen LogP contribution in [0.15, 0.2) is 206 Å². The van der Waals surface area contributed by atoms with Crippen molar-refractivity contribution < 1.29 is 33.5 Å². The van der Waals surface area contributed by atoms with Crippen LogP contribution in [-0.2, 0) is 41.0 Å². The molecule has 8 aromatic carbocycles. The largest absolute Gasteiger partial charge is 0.491 e. The summed E-state index contributed by atoms with van der Waals surface area (Å²) in [4.78, 5) is 0. The Morgan fingerprint density at radius 2 is 0.829 bits per heavy atom. The van der Waals surface area contributed by atoms with Crippen LogP contribution in [0.25, 0.3) is 0 Å². The van der Waals surface area contributed by atoms with Crippen LogP contribution in [-0.4, -0.2) is 63.1 Å². The number of fused-ring (bicyclic) bond motifs is 2. The van der Waals surface area contributed by atoms with E-state index in [-0.39, 0.29) is 37.3 Å². The Labute approximate surface area is 448 Å². The third-order valence-electron chi connectivity index (χ3n) is 16.8. The maximum absolute atomic E-state index is 11.4. The molecule has 2 aliphatic carbocycles. The molecule has 7 atom stereocenters. The quantitative estimate of drug-likeness (QED) is 0.0762. The summed E-state index contributed by atoms with van der Waals surface area (Å²) >= 11 is 0. The number of hydrogen-bond donors (Lipinski definition) is 1. The van der Waals surface area contributed by atoms with E-state index in [1.807, 2.05) is 12.1 Å². The van der Waals surface area contributed by atoms with E-state index in [0.717, 1.165) is 42.9 Å². The first kappa shape index (κ1) is 50.0. The van der Waals surface area contributed by atoms with Crippen LogP contribution >= 0.6 is 0 Å². The highest BCUT2D eigenvalue weighted by Gasteiger charge is 2.48. The van der Waals surface area contributed by atoms with Crippen molar-refractivity contribution in [3.8, 4) is 11.5 Å². The van der Waals surface area contributed by atoms with E-state index in [1.54, 1.807) is 0 Å². The van der Waals surface area contributed by atoms with Gasteiger partial charge < -0.3 is 33.5 Å². The average molecular weight is 1010 g/mol. The second-order valence-electron chi connectivity index (χ2n) is 22.4. The van der Waals surface area contributed by atoms with Crippen LogP contribution in [0.2, 0.25) is 0 Å². The highest BCUT2D eigenvalue weighted by Crippen LogP contribution is 2.58. The lowest BCUT2D eigenvalue weighted by Crippen LogP contribution is -2.31. The zero-order valence-electron chi connectivity index (χ0n) is 44.1. The van der Waals surface area contributed by atoms with E-state index in [4.69, 9.17) is 28.4 Å². The van der Waals surface area contributed by atoms with Crippen LogP contribution in [0.5, 0.6) is 11.5 Å². The van der Waals surface area contributed by atoms with E-state index in [1.165, 1.54) is 55.6 Å². The lowest BCUT2D eigenvalue weighted by atomic mass is 9.69. The number of benzene rings is 8. The zero-order chi connectivity index (χ0) is 51.9. The molecule has 2 fully saturated rings. The summed E-state index contributed by atoms with van der Waals surface area (Å²) in [5, 5.41) is 11.4. The molecule has 0 bridgehead atoms. The SMILES string of the molecule is CC(C)(OCC(O)COc1ccc(C2(c3ccc(C(C)(C)OCC4CO4)cc3)CC(c3ccccc3)c3ccccc32)cc1)c1ccc(C2(c3ccc(OCC4CO4)cc3)CC(c3ccccc3)c3ccccc32)cc1. The summed E-state index contributed by atoms with van der Waals surface area (Å²) in [6.07, 6.45) is 1.32. The highest BCUT2D eigenvalue weighted by atomic mass is 16.6. The predicted molar refractivity (Wildman–Crippen MR) is 299 cm³/mol. The molecule has 0 radical (unpaired) electrons. The van der Waals surface area contributed by atoms with E-state index in [0.29, 0.717) is 19.0 Å². The van der Waals surface area contributed by atoms with Gasteiger partial charge in [0.05, 0.1) is 37.6 Å². The van der Waals surface area contributed by atoms with Gasteiger partial charge in [0.2, 0.25) is 0 Å². The summed E-state index contributed by atoms with van der Waals surface area (Å²) in [7, 11) is 0. The smallest absolute Gasteiger partial charge is 0.119 e. The molecule has 76 heavy (non-hydrogen) atoms. The minimum absolute atomic E-state index is 0.0906. The normalized spacial score (nSPS) is 22.9. The Morgan fingerprint density at radius 3 is 1.28 bits per heavy atom. The number of rotatable bonds is 20. The lowest BCUT2D eigenvalue weighted by molar-refractivity contribution is -0.0717. The predicted octanol–water partition coefficient (Wildman–Crippen LogP) is 13.5. The Hall–Kier alpha value is -6.84. The first-order valence-corrected chi connectivity index (χ1v) is 27.2. The summed E-state index contributed by atoms with van der Waals surface area (Å²) in [6.45, 7) is 11.3. The van der Waals surface area contributed by atoms with Gasteiger partial charge in [0.1, 0.15) is 43.0 Å². The summed E-state index contributed by atoms with van der Waals surface area (Å²) in [6, 6.07) is 74.8. The second-order valence-corrected chi connectivity index (χ2v) is 22.4. The molecule has 8 aromatic rings. The third kappa shape index (κ3) is 9.80. The van der Waals surface area contributed by atoms with Crippen LogP contribution in [0.4, 0.5) is 0 Å². The van der Waals surface area contributed by atoms with Crippen LogP contribution in [0.3, 0.4) is 0 Å². The van der Waals surface area contributed by atoms with Crippen molar-refractivity contribution in [1.29, 1.82) is 0 Å². The summed E-state index contributed by atoms with van der Waals surface area (Å²) in [5.41, 5.74) is 13.0. The minimum atomic E-state index is -0.849. The van der Waals surface area contributed by atoms with Gasteiger partial charge in [0, 0.05) is 22.7 Å². The van der Waals surface area contributed by atoms with Gasteiger partial charge in [-0.1, -0.05) is 182 Å². The van der Waals surface area contributed by atoms with Crippen LogP contribution in [0.1, 0.15) is 119 Å². The van der Waals surface area contributed by atoms with E-state index < -0.39 is 28.1 Å². The molecule has 7 heteroatoms. The third-order valence-corrected chi connectivity index (χ3v) is 16.8. The monoisotopic (exact) mass is 1010 g/mol. The van der Waals surface area contributed by atoms with Gasteiger partial charge in [0.25, 0.3) is 0 Å². The van der Waals surface area contributed by atoms with Crippen molar-refractivity contribution in [3.05, 3.63) is 273 Å². The number of ether oxygens (including phenoxy) is 6. The van der Waals surface area contributed by atoms with Gasteiger partial charge in [-0.05, 0) is 132 Å². The van der Waals surface area contributed by atoms with Crippen molar-refractivity contribution in [2.75, 3.05) is 39.6 Å². The fraction of sp³-hybridized carbons (Fsp3) is 0.304. The summed E-state index contributed by atoms with van der Waals surface area (Å²) in [5.74, 6) is 1.99. The molecule has 7 unspecified atom stereocenters. The van der Waals surface area contributed by atoms with Gasteiger partial charge in [-0.25, -0.2) is 0 Å². The van der Waals surface area contributed by atoms with Crippen molar-refractivity contribution >= 4 is 0 Å². The van der Waals surface area contributed by atoms with Gasteiger partial charge in [-0.3, -0.25) is 0 Å². The maximum Gasteiger partial charge on any atom is 0.119 e. The van der Waals surface area contributed by atoms with E-state index in [9.17, 15) is 5.11 Å². The molecule has 2 saturated heterocycles. The highest BCUT2D eigenvalue weighted by molar-refractivity contribution is 5.63. The Morgan fingerprint density at radius 1 is 0.447 bits per heavy atom. The fourth-order valence-electron chi connectivity index (χ4n) is 12.3. The molecule has 2 heterocycles. The molecule has 1 N–H and O–H groups in total. The van der Waals surface area contributed by atoms with Gasteiger partial charge in [-0.2, -0.15) is 0 Å². The minimum Gasteiger partial charge on any atom is -0.491 e. The van der Waals surface area contributed by atoms with Crippen LogP contribution in [0, 0.1) is 0 Å². The van der Waals surface area contributed by atoms with Gasteiger partial charge in [-0.15, -0.1) is 0 Å². The standard InChI is InChI=1S/C69H68O7/c1-66(2,49-23-27-51(28-24-49)69(54-33-37-57(38-34-54)72-43-58-44-73-58)40-63(48-17-9-6-10-18-48)61-20-12-14-22-65(61)69)75-42-55(70)41-71-56-35-31-53(32-36-56)68(52-29-25-50(26-30-52)67(3,4)76-46-59-45-74-59)39-62(47-15-7-5-8-16-47)60-19-11-13-21-64(60)68/h5-38,55,58-59,62-63,70H,39-46H2,1-4H3. The molecule has 0 saturated carbocycles.